The highest BCUT2D eigenvalue weighted by molar-refractivity contribution is 5.86. The Bertz CT molecular complexity index is 890. The molecule has 0 saturated carbocycles. The van der Waals surface area contributed by atoms with Crippen LogP contribution in [0.3, 0.4) is 0 Å². The lowest BCUT2D eigenvalue weighted by molar-refractivity contribution is -0.131. The molecule has 0 radical (unpaired) electrons. The lowest BCUT2D eigenvalue weighted by Crippen LogP contribution is -2.42. The van der Waals surface area contributed by atoms with Gasteiger partial charge in [-0.05, 0) is 30.2 Å². The van der Waals surface area contributed by atoms with Crippen LogP contribution in [0.25, 0.3) is 0 Å². The summed E-state index contributed by atoms with van der Waals surface area (Å²) < 4.78 is 5.89. The van der Waals surface area contributed by atoms with Gasteiger partial charge in [-0.2, -0.15) is 0 Å². The molecule has 0 aromatic heterocycles. The first-order valence-electron chi connectivity index (χ1n) is 10.6. The van der Waals surface area contributed by atoms with Crippen molar-refractivity contribution >= 4 is 5.91 Å². The summed E-state index contributed by atoms with van der Waals surface area (Å²) in [6.07, 6.45) is 2.04. The zero-order chi connectivity index (χ0) is 21.1. The van der Waals surface area contributed by atoms with E-state index in [1.54, 1.807) is 17.0 Å². The van der Waals surface area contributed by atoms with E-state index in [2.05, 4.69) is 17.8 Å². The van der Waals surface area contributed by atoms with Gasteiger partial charge in [0.25, 0.3) is 0 Å². The minimum atomic E-state index is -0.434. The molecule has 2 heterocycles. The van der Waals surface area contributed by atoms with Crippen LogP contribution in [-0.2, 0) is 4.79 Å². The van der Waals surface area contributed by atoms with Crippen molar-refractivity contribution in [1.29, 1.82) is 0 Å². The molecule has 7 nitrogen and oxygen atoms in total. The average Bonchev–Trinajstić information content (AvgIpc) is 3.29. The summed E-state index contributed by atoms with van der Waals surface area (Å²) in [5.74, 6) is 0.768. The Kier molecular flexibility index (Phi) is 6.22. The Labute approximate surface area is 176 Å². The SMILES string of the molecule is CCCCOc1cccc(C2C3C(NNC3c3ccccc3O)C(=O)N2CCO)c1. The second-order valence-electron chi connectivity index (χ2n) is 7.85. The number of benzene rings is 2. The summed E-state index contributed by atoms with van der Waals surface area (Å²) >= 11 is 0. The van der Waals surface area contributed by atoms with Crippen LogP contribution < -0.4 is 15.6 Å². The number of para-hydroxylation sites is 1. The Balaban J connectivity index is 1.70. The number of aromatic hydroxyl groups is 1. The third kappa shape index (κ3) is 3.76. The highest BCUT2D eigenvalue weighted by Crippen LogP contribution is 2.48. The van der Waals surface area contributed by atoms with Gasteiger partial charge in [-0.1, -0.05) is 43.7 Å². The number of carbonyl (C=O) groups is 1. The van der Waals surface area contributed by atoms with Crippen LogP contribution in [0.5, 0.6) is 11.5 Å². The Morgan fingerprint density at radius 2 is 1.90 bits per heavy atom. The zero-order valence-electron chi connectivity index (χ0n) is 17.1. The Hall–Kier alpha value is -2.61. The van der Waals surface area contributed by atoms with Gasteiger partial charge in [0.05, 0.1) is 25.3 Å². The number of unbranched alkanes of at least 4 members (excludes halogenated alkanes) is 1. The summed E-state index contributed by atoms with van der Waals surface area (Å²) in [7, 11) is 0. The van der Waals surface area contributed by atoms with Gasteiger partial charge in [0.2, 0.25) is 5.91 Å². The van der Waals surface area contributed by atoms with Crippen molar-refractivity contribution in [2.75, 3.05) is 19.8 Å². The van der Waals surface area contributed by atoms with Gasteiger partial charge >= 0.3 is 0 Å². The summed E-state index contributed by atoms with van der Waals surface area (Å²) in [5.41, 5.74) is 8.05. The molecule has 2 fully saturated rings. The third-order valence-electron chi connectivity index (χ3n) is 5.99. The normalized spacial score (nSPS) is 25.5. The van der Waals surface area contributed by atoms with Crippen LogP contribution >= 0.6 is 0 Å². The molecule has 2 saturated heterocycles. The number of hydrogen-bond donors (Lipinski definition) is 4. The predicted octanol–water partition coefficient (Wildman–Crippen LogP) is 2.28. The highest BCUT2D eigenvalue weighted by atomic mass is 16.5. The molecule has 1 amide bonds. The van der Waals surface area contributed by atoms with E-state index < -0.39 is 6.04 Å². The molecule has 7 heteroatoms. The maximum Gasteiger partial charge on any atom is 0.242 e. The number of nitrogens with one attached hydrogen (secondary N) is 2. The van der Waals surface area contributed by atoms with Gasteiger partial charge in [0.1, 0.15) is 17.5 Å². The highest BCUT2D eigenvalue weighted by Gasteiger charge is 2.55. The van der Waals surface area contributed by atoms with E-state index >= 15 is 0 Å². The van der Waals surface area contributed by atoms with Crippen molar-refractivity contribution in [3.05, 3.63) is 59.7 Å². The largest absolute Gasteiger partial charge is 0.508 e. The quantitative estimate of drug-likeness (QED) is 0.498. The fourth-order valence-corrected chi connectivity index (χ4v) is 4.60. The van der Waals surface area contributed by atoms with Gasteiger partial charge in [0.15, 0.2) is 0 Å². The van der Waals surface area contributed by atoms with Crippen LogP contribution in [0.2, 0.25) is 0 Å². The number of aliphatic hydroxyl groups is 1. The first-order chi connectivity index (χ1) is 14.7. The average molecular weight is 412 g/mol. The number of nitrogens with zero attached hydrogens (tertiary/aromatic N) is 1. The lowest BCUT2D eigenvalue weighted by Gasteiger charge is -2.31. The minimum absolute atomic E-state index is 0.0539. The van der Waals surface area contributed by atoms with E-state index in [-0.39, 0.29) is 42.8 Å². The molecule has 4 rings (SSSR count). The lowest BCUT2D eigenvalue weighted by atomic mass is 9.83. The van der Waals surface area contributed by atoms with E-state index in [1.807, 2.05) is 36.4 Å². The van der Waals surface area contributed by atoms with Gasteiger partial charge in [0, 0.05) is 18.0 Å². The van der Waals surface area contributed by atoms with Gasteiger partial charge in [-0.15, -0.1) is 0 Å². The molecule has 30 heavy (non-hydrogen) atoms. The minimum Gasteiger partial charge on any atom is -0.508 e. The molecule has 160 valence electrons. The number of hydrogen-bond acceptors (Lipinski definition) is 6. The second kappa shape index (κ2) is 9.04. The first kappa shape index (κ1) is 20.7. The molecule has 4 atom stereocenters. The number of phenols is 1. The predicted molar refractivity (Wildman–Crippen MR) is 113 cm³/mol. The fraction of sp³-hybridized carbons (Fsp3) is 0.435. The molecule has 2 aromatic rings. The van der Waals surface area contributed by atoms with Crippen molar-refractivity contribution < 1.29 is 19.7 Å². The summed E-state index contributed by atoms with van der Waals surface area (Å²) in [5, 5.41) is 20.0. The number of ether oxygens (including phenoxy) is 1. The monoisotopic (exact) mass is 411 g/mol. The fourth-order valence-electron chi connectivity index (χ4n) is 4.60. The molecule has 2 aliphatic rings. The molecule has 0 aliphatic carbocycles. The molecule has 4 N–H and O–H groups in total. The first-order valence-corrected chi connectivity index (χ1v) is 10.6. The van der Waals surface area contributed by atoms with Gasteiger partial charge in [-0.25, -0.2) is 10.9 Å². The van der Waals surface area contributed by atoms with Crippen LogP contribution in [0.1, 0.15) is 43.0 Å². The number of aliphatic hydroxyl groups excluding tert-OH is 1. The van der Waals surface area contributed by atoms with Crippen molar-refractivity contribution in [1.82, 2.24) is 15.8 Å². The van der Waals surface area contributed by atoms with E-state index in [0.29, 0.717) is 6.61 Å². The molecule has 2 aromatic carbocycles. The standard InChI is InChI=1S/C23H29N3O4/c1-2-3-13-30-16-8-6-7-15(14-16)22-19-20(17-9-4-5-10-18(17)28)24-25-21(19)23(29)26(22)11-12-27/h4-10,14,19-22,24-25,27-28H,2-3,11-13H2,1H3. The van der Waals surface area contributed by atoms with Crippen molar-refractivity contribution in [2.45, 2.75) is 37.9 Å². The topological polar surface area (TPSA) is 94.1 Å². The summed E-state index contributed by atoms with van der Waals surface area (Å²) in [6.45, 7) is 2.92. The van der Waals surface area contributed by atoms with Crippen LogP contribution in [0.15, 0.2) is 48.5 Å². The van der Waals surface area contributed by atoms with Gasteiger partial charge < -0.3 is 19.8 Å². The van der Waals surface area contributed by atoms with Crippen molar-refractivity contribution in [3.8, 4) is 11.5 Å². The molecule has 4 unspecified atom stereocenters. The Morgan fingerprint density at radius 1 is 1.10 bits per heavy atom. The smallest absolute Gasteiger partial charge is 0.242 e. The maximum absolute atomic E-state index is 13.1. The number of carbonyl (C=O) groups excluding carboxylic acids is 1. The van der Waals surface area contributed by atoms with E-state index in [0.717, 1.165) is 29.7 Å². The zero-order valence-corrected chi connectivity index (χ0v) is 17.1. The van der Waals surface area contributed by atoms with Crippen LogP contribution in [0, 0.1) is 5.92 Å². The van der Waals surface area contributed by atoms with E-state index in [9.17, 15) is 15.0 Å². The van der Waals surface area contributed by atoms with Crippen molar-refractivity contribution in [2.24, 2.45) is 5.92 Å². The third-order valence-corrected chi connectivity index (χ3v) is 5.99. The van der Waals surface area contributed by atoms with Gasteiger partial charge in [-0.3, -0.25) is 4.79 Å². The number of fused-ring (bicyclic) bond motifs is 1. The number of hydrazine groups is 1. The maximum atomic E-state index is 13.1. The number of phenolic OH excluding ortho intramolecular Hbond substituents is 1. The Morgan fingerprint density at radius 3 is 2.67 bits per heavy atom. The summed E-state index contributed by atoms with van der Waals surface area (Å²) in [4.78, 5) is 14.9. The number of amides is 1. The molecular weight excluding hydrogens is 382 g/mol. The molecule has 0 spiro atoms. The number of likely N-dealkylation sites (tertiary alicyclic amines) is 1. The molecular formula is C23H29N3O4. The molecule has 2 aliphatic heterocycles. The van der Waals surface area contributed by atoms with Crippen LogP contribution in [0.4, 0.5) is 0 Å². The van der Waals surface area contributed by atoms with Crippen molar-refractivity contribution in [3.63, 3.8) is 0 Å². The summed E-state index contributed by atoms with van der Waals surface area (Å²) in [6, 6.07) is 14.1. The number of β-amino-alcohol motifs (C(OH)–C–C–N with tert-alkyl or cyclic N) is 1. The van der Waals surface area contributed by atoms with E-state index in [1.165, 1.54) is 0 Å². The second-order valence-corrected chi connectivity index (χ2v) is 7.85. The van der Waals surface area contributed by atoms with Crippen LogP contribution in [-0.4, -0.2) is 46.8 Å². The van der Waals surface area contributed by atoms with E-state index in [4.69, 9.17) is 4.74 Å². The molecule has 0 bridgehead atoms. The number of rotatable bonds is 8.